The number of nitrogens with zero attached hydrogens (tertiary/aromatic N) is 7. The number of benzene rings is 1. The van der Waals surface area contributed by atoms with Crippen LogP contribution >= 0.6 is 0 Å². The van der Waals surface area contributed by atoms with Gasteiger partial charge in [-0.1, -0.05) is 110 Å². The molecule has 0 aliphatic rings. The molecule has 0 aliphatic heterocycles. The van der Waals surface area contributed by atoms with Crippen LogP contribution in [0, 0.1) is 0 Å². The molecule has 0 fully saturated rings. The molecular formula is C49H57N7. The van der Waals surface area contributed by atoms with Crippen LogP contribution < -0.4 is 0 Å². The minimum absolute atomic E-state index is 0.964. The molecule has 7 heteroatoms. The van der Waals surface area contributed by atoms with Crippen molar-refractivity contribution in [3.8, 4) is 44.8 Å². The molecule has 0 aliphatic carbocycles. The molecule has 0 atom stereocenters. The lowest BCUT2D eigenvalue weighted by Gasteiger charge is -1.98. The Bertz CT molecular complexity index is 1520. The maximum absolute atomic E-state index is 4.22. The Morgan fingerprint density at radius 3 is 0.946 bits per heavy atom. The molecule has 1 aromatic carbocycles. The van der Waals surface area contributed by atoms with Crippen LogP contribution in [0.5, 0.6) is 0 Å². The largest absolute Gasteiger partial charge is 0.265 e. The Morgan fingerprint density at radius 2 is 0.571 bits per heavy atom. The predicted molar refractivity (Wildman–Crippen MR) is 237 cm³/mol. The van der Waals surface area contributed by atoms with Gasteiger partial charge in [0.2, 0.25) is 0 Å². The van der Waals surface area contributed by atoms with Crippen LogP contribution in [0.1, 0.15) is 55.4 Å². The highest BCUT2D eigenvalue weighted by atomic mass is 14.7. The molecule has 0 spiro atoms. The molecule has 7 aromatic heterocycles. The minimum Gasteiger partial charge on any atom is -0.265 e. The summed E-state index contributed by atoms with van der Waals surface area (Å²) in [6.07, 6.45) is 21.5. The van der Waals surface area contributed by atoms with Gasteiger partial charge in [-0.15, -0.1) is 0 Å². The van der Waals surface area contributed by atoms with Crippen LogP contribution in [-0.2, 0) is 0 Å². The summed E-state index contributed by atoms with van der Waals surface area (Å²) >= 11 is 0. The van der Waals surface area contributed by atoms with E-state index in [2.05, 4.69) is 47.0 Å². The SMILES string of the molecule is CC.CC.CC.CC.c1ccc(-c2cccnc2)nc1.c1ccc(-c2ccncc2)cc1.c1ccc(-c2ccncc2)nc1.c1cncc(-c2cccnc2)c1. The lowest BCUT2D eigenvalue weighted by molar-refractivity contribution is 1.28. The van der Waals surface area contributed by atoms with E-state index in [0.29, 0.717) is 0 Å². The van der Waals surface area contributed by atoms with Gasteiger partial charge >= 0.3 is 0 Å². The van der Waals surface area contributed by atoms with E-state index >= 15 is 0 Å². The molecule has 0 radical (unpaired) electrons. The topological polar surface area (TPSA) is 90.2 Å². The third-order valence-corrected chi connectivity index (χ3v) is 6.71. The Balaban J connectivity index is 0.000000352. The molecule has 7 nitrogen and oxygen atoms in total. The second-order valence-electron chi connectivity index (χ2n) is 9.99. The van der Waals surface area contributed by atoms with Gasteiger partial charge in [-0.05, 0) is 83.9 Å². The average Bonchev–Trinajstić information content (AvgIpc) is 3.34. The van der Waals surface area contributed by atoms with Crippen LogP contribution in [0.3, 0.4) is 0 Å². The Labute approximate surface area is 335 Å². The first kappa shape index (κ1) is 47.3. The zero-order valence-corrected chi connectivity index (χ0v) is 34.2. The van der Waals surface area contributed by atoms with Crippen molar-refractivity contribution in [1.29, 1.82) is 0 Å². The van der Waals surface area contributed by atoms with Crippen LogP contribution in [-0.4, -0.2) is 34.9 Å². The van der Waals surface area contributed by atoms with Crippen molar-refractivity contribution in [1.82, 2.24) is 34.9 Å². The molecule has 8 aromatic rings. The first-order chi connectivity index (χ1) is 27.9. The molecular weight excluding hydrogens is 687 g/mol. The fraction of sp³-hybridized carbons (Fsp3) is 0.163. The van der Waals surface area contributed by atoms with E-state index in [4.69, 9.17) is 0 Å². The van der Waals surface area contributed by atoms with Gasteiger partial charge in [-0.3, -0.25) is 34.9 Å². The molecule has 0 saturated heterocycles. The molecule has 0 bridgehead atoms. The number of aromatic nitrogens is 7. The van der Waals surface area contributed by atoms with E-state index in [1.54, 1.807) is 43.4 Å². The molecule has 0 N–H and O–H groups in total. The van der Waals surface area contributed by atoms with Crippen molar-refractivity contribution in [2.45, 2.75) is 55.4 Å². The van der Waals surface area contributed by atoms with Crippen molar-refractivity contribution in [2.75, 3.05) is 0 Å². The van der Waals surface area contributed by atoms with Crippen LogP contribution in [0.25, 0.3) is 44.8 Å². The van der Waals surface area contributed by atoms with Gasteiger partial charge in [0.25, 0.3) is 0 Å². The first-order valence-corrected chi connectivity index (χ1v) is 19.3. The fourth-order valence-corrected chi connectivity index (χ4v) is 4.35. The second-order valence-corrected chi connectivity index (χ2v) is 9.99. The van der Waals surface area contributed by atoms with Crippen molar-refractivity contribution in [2.24, 2.45) is 0 Å². The molecule has 7 heterocycles. The smallest absolute Gasteiger partial charge is 0.0717 e. The fourth-order valence-electron chi connectivity index (χ4n) is 4.35. The van der Waals surface area contributed by atoms with E-state index in [-0.39, 0.29) is 0 Å². The highest BCUT2D eigenvalue weighted by Crippen LogP contribution is 2.17. The van der Waals surface area contributed by atoms with Gasteiger partial charge < -0.3 is 0 Å². The average molecular weight is 744 g/mol. The normalized spacial score (nSPS) is 8.71. The highest BCUT2D eigenvalue weighted by Gasteiger charge is 1.96. The quantitative estimate of drug-likeness (QED) is 0.177. The lowest BCUT2D eigenvalue weighted by atomic mass is 10.1. The summed E-state index contributed by atoms with van der Waals surface area (Å²) in [4.78, 5) is 28.4. The van der Waals surface area contributed by atoms with Crippen LogP contribution in [0.2, 0.25) is 0 Å². The summed E-state index contributed by atoms with van der Waals surface area (Å²) in [6, 6.07) is 41.7. The Hall–Kier alpha value is -6.73. The van der Waals surface area contributed by atoms with E-state index < -0.39 is 0 Å². The molecule has 0 unspecified atom stereocenters. The summed E-state index contributed by atoms with van der Waals surface area (Å²) in [5.41, 5.74) is 8.76. The zero-order chi connectivity index (χ0) is 40.9. The van der Waals surface area contributed by atoms with Crippen LogP contribution in [0.4, 0.5) is 0 Å². The maximum Gasteiger partial charge on any atom is 0.0717 e. The molecule has 0 saturated carbocycles. The third-order valence-electron chi connectivity index (χ3n) is 6.71. The molecule has 8 rings (SSSR count). The van der Waals surface area contributed by atoms with Gasteiger partial charge in [0.05, 0.1) is 11.4 Å². The maximum atomic E-state index is 4.22. The van der Waals surface area contributed by atoms with Gasteiger partial charge in [0, 0.05) is 96.6 Å². The Kier molecular flexibility index (Phi) is 27.8. The van der Waals surface area contributed by atoms with Crippen molar-refractivity contribution < 1.29 is 0 Å². The van der Waals surface area contributed by atoms with Crippen molar-refractivity contribution in [3.05, 3.63) is 202 Å². The summed E-state index contributed by atoms with van der Waals surface area (Å²) in [7, 11) is 0. The minimum atomic E-state index is 0.964. The predicted octanol–water partition coefficient (Wildman–Crippen LogP) is 13.3. The summed E-state index contributed by atoms with van der Waals surface area (Å²) in [6.45, 7) is 16.0. The molecule has 0 amide bonds. The number of hydrogen-bond acceptors (Lipinski definition) is 7. The highest BCUT2D eigenvalue weighted by molar-refractivity contribution is 5.62. The summed E-state index contributed by atoms with van der Waals surface area (Å²) in [5.74, 6) is 0. The number of rotatable bonds is 4. The first-order valence-electron chi connectivity index (χ1n) is 19.3. The second kappa shape index (κ2) is 32.9. The van der Waals surface area contributed by atoms with E-state index in [0.717, 1.165) is 33.6 Å². The summed E-state index contributed by atoms with van der Waals surface area (Å²) < 4.78 is 0. The number of hydrogen-bond donors (Lipinski definition) is 0. The molecule has 288 valence electrons. The van der Waals surface area contributed by atoms with Crippen molar-refractivity contribution >= 4 is 0 Å². The van der Waals surface area contributed by atoms with E-state index in [1.807, 2.05) is 202 Å². The lowest BCUT2D eigenvalue weighted by Crippen LogP contribution is -1.81. The Morgan fingerprint density at radius 1 is 0.232 bits per heavy atom. The van der Waals surface area contributed by atoms with E-state index in [9.17, 15) is 0 Å². The summed E-state index contributed by atoms with van der Waals surface area (Å²) in [5, 5.41) is 0. The van der Waals surface area contributed by atoms with Crippen LogP contribution in [0.15, 0.2) is 202 Å². The standard InChI is InChI=1S/C11H9N.3C10H8N2.4C2H6/c1-2-4-10(5-3-1)11-6-8-12-9-7-11;1-3-9(7-11-5-1)10-4-2-6-12-8-10;1-2-7-12-10(5-1)9-4-3-6-11-8-9;1-2-6-12-10(3-1)9-4-7-11-8-5-9;4*1-2/h1-9H;3*1-8H;4*1-2H3. The number of pyridine rings is 7. The zero-order valence-electron chi connectivity index (χ0n) is 34.2. The van der Waals surface area contributed by atoms with Gasteiger partial charge in [0.1, 0.15) is 0 Å². The third kappa shape index (κ3) is 18.9. The van der Waals surface area contributed by atoms with Gasteiger partial charge in [0.15, 0.2) is 0 Å². The van der Waals surface area contributed by atoms with E-state index in [1.165, 1.54) is 11.1 Å². The van der Waals surface area contributed by atoms with Crippen molar-refractivity contribution in [3.63, 3.8) is 0 Å². The molecule has 56 heavy (non-hydrogen) atoms. The van der Waals surface area contributed by atoms with Gasteiger partial charge in [-0.25, -0.2) is 0 Å². The monoisotopic (exact) mass is 743 g/mol. The van der Waals surface area contributed by atoms with Gasteiger partial charge in [-0.2, -0.15) is 0 Å².